The standard InChI is InChI=1S/C15H21ClN2O2/c1-2-4-12-7-11(8-14(16)18-12)15(20)17-9-10-5-3-6-13(10)19/h7-8,10,13,19H,2-6,9H2,1H3,(H,17,20). The van der Waals surface area contributed by atoms with E-state index in [9.17, 15) is 9.90 Å². The Bertz CT molecular complexity index is 479. The molecule has 1 fully saturated rings. The van der Waals surface area contributed by atoms with Crippen LogP contribution in [0.4, 0.5) is 0 Å². The molecule has 0 spiro atoms. The molecule has 0 radical (unpaired) electrons. The first-order valence-corrected chi connectivity index (χ1v) is 7.60. The molecule has 0 aliphatic heterocycles. The van der Waals surface area contributed by atoms with Crippen molar-refractivity contribution in [3.63, 3.8) is 0 Å². The molecule has 1 amide bonds. The summed E-state index contributed by atoms with van der Waals surface area (Å²) < 4.78 is 0. The Morgan fingerprint density at radius 1 is 1.50 bits per heavy atom. The summed E-state index contributed by atoms with van der Waals surface area (Å²) in [6.07, 6.45) is 4.32. The topological polar surface area (TPSA) is 62.2 Å². The predicted molar refractivity (Wildman–Crippen MR) is 78.9 cm³/mol. The van der Waals surface area contributed by atoms with Crippen molar-refractivity contribution in [2.45, 2.75) is 45.1 Å². The van der Waals surface area contributed by atoms with Gasteiger partial charge >= 0.3 is 0 Å². The van der Waals surface area contributed by atoms with Crippen LogP contribution in [-0.2, 0) is 6.42 Å². The van der Waals surface area contributed by atoms with Crippen LogP contribution in [0.15, 0.2) is 12.1 Å². The predicted octanol–water partition coefficient (Wildman–Crippen LogP) is 2.58. The number of aliphatic hydroxyl groups is 1. The summed E-state index contributed by atoms with van der Waals surface area (Å²) in [5.41, 5.74) is 1.38. The molecule has 5 heteroatoms. The number of nitrogens with one attached hydrogen (secondary N) is 1. The molecule has 2 atom stereocenters. The van der Waals surface area contributed by atoms with Crippen LogP contribution in [0.3, 0.4) is 0 Å². The van der Waals surface area contributed by atoms with E-state index < -0.39 is 0 Å². The first-order valence-electron chi connectivity index (χ1n) is 7.23. The average molecular weight is 297 g/mol. The SMILES string of the molecule is CCCc1cc(C(=O)NCC2CCCC2O)cc(Cl)n1. The summed E-state index contributed by atoms with van der Waals surface area (Å²) in [4.78, 5) is 16.3. The number of carbonyl (C=O) groups is 1. The highest BCUT2D eigenvalue weighted by atomic mass is 35.5. The van der Waals surface area contributed by atoms with E-state index in [0.29, 0.717) is 17.3 Å². The van der Waals surface area contributed by atoms with Gasteiger partial charge in [-0.2, -0.15) is 0 Å². The van der Waals surface area contributed by atoms with Crippen molar-refractivity contribution in [1.29, 1.82) is 0 Å². The minimum atomic E-state index is -0.285. The van der Waals surface area contributed by atoms with Crippen LogP contribution in [-0.4, -0.2) is 28.6 Å². The van der Waals surface area contributed by atoms with Crippen LogP contribution < -0.4 is 5.32 Å². The van der Waals surface area contributed by atoms with Crippen molar-refractivity contribution in [2.75, 3.05) is 6.54 Å². The summed E-state index contributed by atoms with van der Waals surface area (Å²) in [6.45, 7) is 2.58. The van der Waals surface area contributed by atoms with Gasteiger partial charge < -0.3 is 10.4 Å². The highest BCUT2D eigenvalue weighted by Crippen LogP contribution is 2.24. The Kier molecular flexibility index (Phi) is 5.38. The van der Waals surface area contributed by atoms with E-state index in [0.717, 1.165) is 37.8 Å². The van der Waals surface area contributed by atoms with Crippen LogP contribution in [0.1, 0.15) is 48.7 Å². The zero-order valence-electron chi connectivity index (χ0n) is 11.7. The van der Waals surface area contributed by atoms with E-state index >= 15 is 0 Å². The molecule has 0 aromatic carbocycles. The number of rotatable bonds is 5. The van der Waals surface area contributed by atoms with E-state index in [1.807, 2.05) is 0 Å². The lowest BCUT2D eigenvalue weighted by Crippen LogP contribution is -2.32. The van der Waals surface area contributed by atoms with Gasteiger partial charge in [0.15, 0.2) is 0 Å². The summed E-state index contributed by atoms with van der Waals surface area (Å²) in [7, 11) is 0. The maximum atomic E-state index is 12.1. The normalized spacial score (nSPS) is 21.9. The monoisotopic (exact) mass is 296 g/mol. The van der Waals surface area contributed by atoms with E-state index in [1.54, 1.807) is 12.1 Å². The zero-order valence-corrected chi connectivity index (χ0v) is 12.5. The van der Waals surface area contributed by atoms with Crippen molar-refractivity contribution in [3.8, 4) is 0 Å². The minimum Gasteiger partial charge on any atom is -0.393 e. The molecule has 1 aromatic rings. The van der Waals surface area contributed by atoms with Gasteiger partial charge in [0.1, 0.15) is 5.15 Å². The van der Waals surface area contributed by atoms with Crippen molar-refractivity contribution >= 4 is 17.5 Å². The third-order valence-electron chi connectivity index (χ3n) is 3.76. The van der Waals surface area contributed by atoms with Gasteiger partial charge in [0.05, 0.1) is 6.10 Å². The van der Waals surface area contributed by atoms with Gasteiger partial charge in [0, 0.05) is 23.7 Å². The molecule has 1 aromatic heterocycles. The lowest BCUT2D eigenvalue weighted by molar-refractivity contribution is 0.0916. The van der Waals surface area contributed by atoms with Crippen LogP contribution in [0, 0.1) is 5.92 Å². The van der Waals surface area contributed by atoms with Crippen LogP contribution in [0.25, 0.3) is 0 Å². The molecule has 2 unspecified atom stereocenters. The smallest absolute Gasteiger partial charge is 0.251 e. The second kappa shape index (κ2) is 7.04. The fourth-order valence-electron chi connectivity index (χ4n) is 2.65. The van der Waals surface area contributed by atoms with Crippen molar-refractivity contribution in [1.82, 2.24) is 10.3 Å². The van der Waals surface area contributed by atoms with Gasteiger partial charge in [-0.15, -0.1) is 0 Å². The van der Waals surface area contributed by atoms with Gasteiger partial charge in [0.2, 0.25) is 0 Å². The molecule has 4 nitrogen and oxygen atoms in total. The Morgan fingerprint density at radius 3 is 2.95 bits per heavy atom. The zero-order chi connectivity index (χ0) is 14.5. The quantitative estimate of drug-likeness (QED) is 0.821. The van der Waals surface area contributed by atoms with Gasteiger partial charge in [0.25, 0.3) is 5.91 Å². The molecule has 1 aliphatic rings. The first kappa shape index (κ1) is 15.3. The van der Waals surface area contributed by atoms with Crippen molar-refractivity contribution < 1.29 is 9.90 Å². The fourth-order valence-corrected chi connectivity index (χ4v) is 2.87. The molecule has 0 bridgehead atoms. The summed E-state index contributed by atoms with van der Waals surface area (Å²) >= 11 is 5.95. The second-order valence-electron chi connectivity index (χ2n) is 5.39. The van der Waals surface area contributed by atoms with E-state index in [-0.39, 0.29) is 17.9 Å². The van der Waals surface area contributed by atoms with Crippen molar-refractivity contribution in [3.05, 3.63) is 28.5 Å². The molecule has 20 heavy (non-hydrogen) atoms. The van der Waals surface area contributed by atoms with Gasteiger partial charge in [-0.3, -0.25) is 4.79 Å². The van der Waals surface area contributed by atoms with Gasteiger partial charge in [-0.05, 0) is 31.4 Å². The molecule has 1 aliphatic carbocycles. The molecule has 0 saturated heterocycles. The molecule has 2 rings (SSSR count). The largest absolute Gasteiger partial charge is 0.393 e. The number of aryl methyl sites for hydroxylation is 1. The third-order valence-corrected chi connectivity index (χ3v) is 3.95. The lowest BCUT2D eigenvalue weighted by atomic mass is 10.1. The number of nitrogens with zero attached hydrogens (tertiary/aromatic N) is 1. The van der Waals surface area contributed by atoms with Crippen LogP contribution >= 0.6 is 11.6 Å². The number of carbonyl (C=O) groups excluding carboxylic acids is 1. The second-order valence-corrected chi connectivity index (χ2v) is 5.78. The van der Waals surface area contributed by atoms with E-state index in [4.69, 9.17) is 11.6 Å². The lowest BCUT2D eigenvalue weighted by Gasteiger charge is -2.15. The number of hydrogen-bond donors (Lipinski definition) is 2. The summed E-state index contributed by atoms with van der Waals surface area (Å²) in [5.74, 6) is 0.0251. The van der Waals surface area contributed by atoms with Crippen LogP contribution in [0.5, 0.6) is 0 Å². The van der Waals surface area contributed by atoms with Crippen LogP contribution in [0.2, 0.25) is 5.15 Å². The maximum Gasteiger partial charge on any atom is 0.251 e. The van der Waals surface area contributed by atoms with E-state index in [2.05, 4.69) is 17.2 Å². The fraction of sp³-hybridized carbons (Fsp3) is 0.600. The van der Waals surface area contributed by atoms with Gasteiger partial charge in [-0.25, -0.2) is 4.98 Å². The summed E-state index contributed by atoms with van der Waals surface area (Å²) in [5, 5.41) is 13.0. The number of halogens is 1. The molecule has 110 valence electrons. The Labute approximate surface area is 124 Å². The minimum absolute atomic E-state index is 0.147. The first-order chi connectivity index (χ1) is 9.60. The highest BCUT2D eigenvalue weighted by molar-refractivity contribution is 6.29. The number of aromatic nitrogens is 1. The molecular formula is C15H21ClN2O2. The molecule has 1 heterocycles. The number of amides is 1. The molecular weight excluding hydrogens is 276 g/mol. The number of hydrogen-bond acceptors (Lipinski definition) is 3. The van der Waals surface area contributed by atoms with Gasteiger partial charge in [-0.1, -0.05) is 31.4 Å². The number of pyridine rings is 1. The third kappa shape index (κ3) is 3.93. The Balaban J connectivity index is 1.97. The molecule has 2 N–H and O–H groups in total. The Morgan fingerprint density at radius 2 is 2.30 bits per heavy atom. The average Bonchev–Trinajstić information content (AvgIpc) is 2.81. The Hall–Kier alpha value is -1.13. The van der Waals surface area contributed by atoms with Crippen molar-refractivity contribution in [2.24, 2.45) is 5.92 Å². The maximum absolute atomic E-state index is 12.1. The summed E-state index contributed by atoms with van der Waals surface area (Å²) in [6, 6.07) is 3.37. The van der Waals surface area contributed by atoms with E-state index in [1.165, 1.54) is 0 Å². The number of aliphatic hydroxyl groups excluding tert-OH is 1. The highest BCUT2D eigenvalue weighted by Gasteiger charge is 2.25. The molecule has 1 saturated carbocycles.